The first-order valence-corrected chi connectivity index (χ1v) is 9.12. The Morgan fingerprint density at radius 3 is 2.96 bits per heavy atom. The number of nitrogens with zero attached hydrogens (tertiary/aromatic N) is 4. The van der Waals surface area contributed by atoms with Gasteiger partial charge in [-0.25, -0.2) is 9.48 Å². The first kappa shape index (κ1) is 18.8. The number of ether oxygens (including phenoxy) is 1. The first-order chi connectivity index (χ1) is 13.1. The van der Waals surface area contributed by atoms with Crippen LogP contribution < -0.4 is 10.9 Å². The van der Waals surface area contributed by atoms with Gasteiger partial charge in [0.15, 0.2) is 0 Å². The standard InChI is InChI=1S/C18H23N5O4/c1-2-27-18(26)19-13-6-5-10-22(12-13)16(24)9-11-23-17(25)14-7-3-4-8-15(14)20-21-23/h3-4,7-8,13H,2,5-6,9-12H2,1H3,(H,19,26)/t13-/m1/s1. The first-order valence-electron chi connectivity index (χ1n) is 9.12. The normalized spacial score (nSPS) is 16.9. The number of carbonyl (C=O) groups excluding carboxylic acids is 2. The van der Waals surface area contributed by atoms with Gasteiger partial charge in [-0.05, 0) is 31.9 Å². The summed E-state index contributed by atoms with van der Waals surface area (Å²) in [6.45, 7) is 3.30. The van der Waals surface area contributed by atoms with E-state index in [0.717, 1.165) is 12.8 Å². The van der Waals surface area contributed by atoms with Crippen LogP contribution in [0.25, 0.3) is 10.9 Å². The van der Waals surface area contributed by atoms with Gasteiger partial charge in [0.25, 0.3) is 5.56 Å². The van der Waals surface area contributed by atoms with E-state index in [4.69, 9.17) is 4.74 Å². The van der Waals surface area contributed by atoms with E-state index >= 15 is 0 Å². The van der Waals surface area contributed by atoms with Gasteiger partial charge in [-0.1, -0.05) is 17.3 Å². The molecule has 1 atom stereocenters. The van der Waals surface area contributed by atoms with Crippen molar-refractivity contribution in [2.24, 2.45) is 0 Å². The van der Waals surface area contributed by atoms with Crippen LogP contribution in [0.2, 0.25) is 0 Å². The zero-order valence-corrected chi connectivity index (χ0v) is 15.3. The average Bonchev–Trinajstić information content (AvgIpc) is 2.68. The maximum Gasteiger partial charge on any atom is 0.407 e. The highest BCUT2D eigenvalue weighted by Gasteiger charge is 2.25. The number of amides is 2. The van der Waals surface area contributed by atoms with Crippen LogP contribution in [-0.2, 0) is 16.1 Å². The second-order valence-corrected chi connectivity index (χ2v) is 6.43. The number of rotatable bonds is 5. The zero-order chi connectivity index (χ0) is 19.2. The third kappa shape index (κ3) is 4.60. The van der Waals surface area contributed by atoms with Gasteiger partial charge < -0.3 is 15.0 Å². The van der Waals surface area contributed by atoms with Gasteiger partial charge in [-0.15, -0.1) is 5.10 Å². The summed E-state index contributed by atoms with van der Waals surface area (Å²) in [4.78, 5) is 38.2. The van der Waals surface area contributed by atoms with Crippen molar-refractivity contribution in [1.82, 2.24) is 25.2 Å². The SMILES string of the molecule is CCOC(=O)N[C@@H]1CCCN(C(=O)CCn2nnc3ccccc3c2=O)C1. The molecule has 2 aromatic rings. The lowest BCUT2D eigenvalue weighted by Gasteiger charge is -2.33. The Morgan fingerprint density at radius 1 is 1.33 bits per heavy atom. The van der Waals surface area contributed by atoms with Crippen LogP contribution in [0.5, 0.6) is 0 Å². The Hall–Kier alpha value is -2.97. The van der Waals surface area contributed by atoms with E-state index in [0.29, 0.717) is 30.6 Å². The molecule has 2 heterocycles. The van der Waals surface area contributed by atoms with E-state index in [1.807, 2.05) is 0 Å². The second-order valence-electron chi connectivity index (χ2n) is 6.43. The summed E-state index contributed by atoms with van der Waals surface area (Å²) in [5, 5.41) is 11.2. The summed E-state index contributed by atoms with van der Waals surface area (Å²) < 4.78 is 6.11. The molecule has 3 rings (SSSR count). The summed E-state index contributed by atoms with van der Waals surface area (Å²) in [7, 11) is 0. The lowest BCUT2D eigenvalue weighted by atomic mass is 10.1. The Morgan fingerprint density at radius 2 is 2.15 bits per heavy atom. The van der Waals surface area contributed by atoms with Crippen molar-refractivity contribution in [3.8, 4) is 0 Å². The van der Waals surface area contributed by atoms with Crippen LogP contribution in [0.1, 0.15) is 26.2 Å². The number of benzene rings is 1. The monoisotopic (exact) mass is 373 g/mol. The fourth-order valence-corrected chi connectivity index (χ4v) is 3.19. The van der Waals surface area contributed by atoms with Gasteiger partial charge >= 0.3 is 6.09 Å². The summed E-state index contributed by atoms with van der Waals surface area (Å²) in [5.74, 6) is -0.0767. The van der Waals surface area contributed by atoms with E-state index in [9.17, 15) is 14.4 Å². The molecule has 1 aromatic heterocycles. The number of hydrogen-bond donors (Lipinski definition) is 1. The molecule has 0 bridgehead atoms. The number of piperidine rings is 1. The molecule has 1 aliphatic heterocycles. The molecule has 0 saturated carbocycles. The predicted molar refractivity (Wildman–Crippen MR) is 98.2 cm³/mol. The fraction of sp³-hybridized carbons (Fsp3) is 0.500. The molecule has 0 spiro atoms. The molecule has 9 nitrogen and oxygen atoms in total. The highest BCUT2D eigenvalue weighted by Crippen LogP contribution is 2.12. The molecular formula is C18H23N5O4. The molecular weight excluding hydrogens is 350 g/mol. The summed E-state index contributed by atoms with van der Waals surface area (Å²) in [6, 6.07) is 6.86. The number of carbonyl (C=O) groups is 2. The van der Waals surface area contributed by atoms with Crippen molar-refractivity contribution in [2.45, 2.75) is 38.8 Å². The van der Waals surface area contributed by atoms with Crippen molar-refractivity contribution < 1.29 is 14.3 Å². The van der Waals surface area contributed by atoms with E-state index in [1.54, 1.807) is 36.1 Å². The highest BCUT2D eigenvalue weighted by atomic mass is 16.5. The topological polar surface area (TPSA) is 106 Å². The van der Waals surface area contributed by atoms with Crippen molar-refractivity contribution in [2.75, 3.05) is 19.7 Å². The molecule has 1 aromatic carbocycles. The molecule has 0 aliphatic carbocycles. The highest BCUT2D eigenvalue weighted by molar-refractivity contribution is 5.77. The van der Waals surface area contributed by atoms with Gasteiger partial charge in [0.2, 0.25) is 5.91 Å². The maximum absolute atomic E-state index is 12.5. The van der Waals surface area contributed by atoms with E-state index in [-0.39, 0.29) is 30.5 Å². The predicted octanol–water partition coefficient (Wildman–Crippen LogP) is 0.919. The number of aromatic nitrogens is 3. The minimum atomic E-state index is -0.463. The zero-order valence-electron chi connectivity index (χ0n) is 15.3. The van der Waals surface area contributed by atoms with Gasteiger partial charge in [0.05, 0.1) is 18.5 Å². The van der Waals surface area contributed by atoms with E-state index < -0.39 is 6.09 Å². The van der Waals surface area contributed by atoms with Crippen LogP contribution >= 0.6 is 0 Å². The lowest BCUT2D eigenvalue weighted by molar-refractivity contribution is -0.132. The average molecular weight is 373 g/mol. The van der Waals surface area contributed by atoms with E-state index in [1.165, 1.54) is 4.68 Å². The molecule has 0 radical (unpaired) electrons. The van der Waals surface area contributed by atoms with E-state index in [2.05, 4.69) is 15.6 Å². The van der Waals surface area contributed by atoms with Gasteiger partial charge in [-0.2, -0.15) is 0 Å². The van der Waals surface area contributed by atoms with Crippen LogP contribution in [0.3, 0.4) is 0 Å². The smallest absolute Gasteiger partial charge is 0.407 e. The minimum Gasteiger partial charge on any atom is -0.450 e. The van der Waals surface area contributed by atoms with Crippen LogP contribution in [0.15, 0.2) is 29.1 Å². The molecule has 1 aliphatic rings. The molecule has 0 unspecified atom stereocenters. The fourth-order valence-electron chi connectivity index (χ4n) is 3.19. The molecule has 2 amide bonds. The minimum absolute atomic E-state index is 0.0767. The van der Waals surface area contributed by atoms with Gasteiger partial charge in [0, 0.05) is 25.6 Å². The molecule has 1 saturated heterocycles. The largest absolute Gasteiger partial charge is 0.450 e. The Bertz CT molecular complexity index is 881. The van der Waals surface area contributed by atoms with Gasteiger partial charge in [0.1, 0.15) is 5.52 Å². The third-order valence-corrected chi connectivity index (χ3v) is 4.54. The molecule has 1 N–H and O–H groups in total. The third-order valence-electron chi connectivity index (χ3n) is 4.54. The summed E-state index contributed by atoms with van der Waals surface area (Å²) in [5.41, 5.74) is 0.280. The van der Waals surface area contributed by atoms with Crippen LogP contribution in [-0.4, -0.2) is 57.6 Å². The summed E-state index contributed by atoms with van der Waals surface area (Å²) in [6.07, 6.45) is 1.30. The van der Waals surface area contributed by atoms with Gasteiger partial charge in [-0.3, -0.25) is 9.59 Å². The van der Waals surface area contributed by atoms with Crippen LogP contribution in [0.4, 0.5) is 4.79 Å². The van der Waals surface area contributed by atoms with Crippen molar-refractivity contribution in [3.63, 3.8) is 0 Å². The quantitative estimate of drug-likeness (QED) is 0.835. The number of nitrogens with one attached hydrogen (secondary N) is 1. The molecule has 9 heteroatoms. The second kappa shape index (κ2) is 8.61. The number of fused-ring (bicyclic) bond motifs is 1. The number of aryl methyl sites for hydroxylation is 1. The summed E-state index contributed by atoms with van der Waals surface area (Å²) >= 11 is 0. The molecule has 27 heavy (non-hydrogen) atoms. The number of alkyl carbamates (subject to hydrolysis) is 1. The maximum atomic E-state index is 12.5. The molecule has 144 valence electrons. The lowest BCUT2D eigenvalue weighted by Crippen LogP contribution is -2.50. The van der Waals surface area contributed by atoms with Crippen molar-refractivity contribution in [1.29, 1.82) is 0 Å². The Kier molecular flexibility index (Phi) is 6.00. The molecule has 1 fully saturated rings. The Labute approximate surface area is 156 Å². The number of hydrogen-bond acceptors (Lipinski definition) is 6. The number of likely N-dealkylation sites (tertiary alicyclic amines) is 1. The van der Waals surface area contributed by atoms with Crippen molar-refractivity contribution in [3.05, 3.63) is 34.6 Å². The van der Waals surface area contributed by atoms with Crippen molar-refractivity contribution >= 4 is 22.9 Å². The Balaban J connectivity index is 1.58. The van der Waals surface area contributed by atoms with Crippen LogP contribution in [0, 0.1) is 0 Å².